The van der Waals surface area contributed by atoms with Crippen LogP contribution < -0.4 is 20.9 Å². The molecule has 5 heteroatoms. The largest absolute Gasteiger partial charge is 0.316 e. The molecule has 0 aromatic carbocycles. The van der Waals surface area contributed by atoms with E-state index in [2.05, 4.69) is 20.9 Å². The van der Waals surface area contributed by atoms with Crippen molar-refractivity contribution in [3.8, 4) is 0 Å². The SMILES string of the molecule is [SiH3]NC(CNC1CCCC1)(NC1CCCC1)NC1CCCC1. The van der Waals surface area contributed by atoms with Crippen molar-refractivity contribution < 1.29 is 0 Å². The van der Waals surface area contributed by atoms with Gasteiger partial charge in [-0.05, 0) is 38.5 Å². The summed E-state index contributed by atoms with van der Waals surface area (Å²) in [6.07, 6.45) is 16.5. The summed E-state index contributed by atoms with van der Waals surface area (Å²) in [5, 5.41) is 11.8. The Balaban J connectivity index is 1.60. The molecule has 128 valence electrons. The lowest BCUT2D eigenvalue weighted by Gasteiger charge is -2.41. The van der Waals surface area contributed by atoms with E-state index in [1.165, 1.54) is 77.0 Å². The number of nitrogens with one attached hydrogen (secondary N) is 4. The fourth-order valence-electron chi connectivity index (χ4n) is 4.64. The van der Waals surface area contributed by atoms with Crippen molar-refractivity contribution in [2.24, 2.45) is 0 Å². The van der Waals surface area contributed by atoms with E-state index in [1.54, 1.807) is 0 Å². The first kappa shape index (κ1) is 16.9. The molecule has 0 aliphatic heterocycles. The Hall–Kier alpha value is 0.0569. The molecule has 0 saturated heterocycles. The van der Waals surface area contributed by atoms with Crippen molar-refractivity contribution in [3.05, 3.63) is 0 Å². The van der Waals surface area contributed by atoms with Crippen molar-refractivity contribution in [1.82, 2.24) is 20.9 Å². The molecule has 3 fully saturated rings. The molecule has 3 saturated carbocycles. The highest BCUT2D eigenvalue weighted by molar-refractivity contribution is 6.04. The monoisotopic (exact) mass is 324 g/mol. The molecule has 0 unspecified atom stereocenters. The standard InChI is InChI=1S/C17H36N4Si/c22-21-17(19-15-9-3-4-10-15,20-16-11-5-6-12-16)13-18-14-7-1-2-8-14/h14-16,18-21H,1-13H2,22H3. The van der Waals surface area contributed by atoms with Gasteiger partial charge in [0.05, 0.1) is 10.4 Å². The number of hydrogen-bond donors (Lipinski definition) is 4. The van der Waals surface area contributed by atoms with Crippen molar-refractivity contribution in [1.29, 1.82) is 0 Å². The van der Waals surface area contributed by atoms with Gasteiger partial charge in [-0.15, -0.1) is 0 Å². The minimum Gasteiger partial charge on any atom is -0.316 e. The lowest BCUT2D eigenvalue weighted by Crippen LogP contribution is -2.74. The summed E-state index contributed by atoms with van der Waals surface area (Å²) in [4.78, 5) is 3.75. The van der Waals surface area contributed by atoms with Crippen LogP contribution in [0.2, 0.25) is 0 Å². The molecule has 4 N–H and O–H groups in total. The van der Waals surface area contributed by atoms with Gasteiger partial charge < -0.3 is 10.3 Å². The first-order valence-corrected chi connectivity index (χ1v) is 10.8. The van der Waals surface area contributed by atoms with Crippen LogP contribution in [0.25, 0.3) is 0 Å². The van der Waals surface area contributed by atoms with Crippen LogP contribution in [0.5, 0.6) is 0 Å². The maximum absolute atomic E-state index is 3.98. The third-order valence-electron chi connectivity index (χ3n) is 6.05. The van der Waals surface area contributed by atoms with E-state index in [4.69, 9.17) is 0 Å². The Morgan fingerprint density at radius 1 is 0.682 bits per heavy atom. The molecule has 3 rings (SSSR count). The van der Waals surface area contributed by atoms with E-state index < -0.39 is 0 Å². The minimum atomic E-state index is -0.0706. The first-order chi connectivity index (χ1) is 10.8. The van der Waals surface area contributed by atoms with Crippen molar-refractivity contribution in [3.63, 3.8) is 0 Å². The summed E-state index contributed by atoms with van der Waals surface area (Å²) in [5.41, 5.74) is 0. The van der Waals surface area contributed by atoms with Gasteiger partial charge in [0.25, 0.3) is 0 Å². The van der Waals surface area contributed by atoms with Gasteiger partial charge in [-0.3, -0.25) is 10.6 Å². The average molecular weight is 325 g/mol. The van der Waals surface area contributed by atoms with Crippen LogP contribution in [-0.4, -0.2) is 40.9 Å². The van der Waals surface area contributed by atoms with E-state index >= 15 is 0 Å². The van der Waals surface area contributed by atoms with E-state index in [-0.39, 0.29) is 5.79 Å². The molecular weight excluding hydrogens is 288 g/mol. The van der Waals surface area contributed by atoms with Gasteiger partial charge in [-0.2, -0.15) is 0 Å². The fourth-order valence-corrected chi connectivity index (χ4v) is 5.11. The van der Waals surface area contributed by atoms with Gasteiger partial charge in [0, 0.05) is 24.7 Å². The second kappa shape index (κ2) is 8.24. The van der Waals surface area contributed by atoms with Crippen LogP contribution in [0.1, 0.15) is 77.0 Å². The number of hydrogen-bond acceptors (Lipinski definition) is 4. The Bertz CT molecular complexity index is 303. The molecule has 0 heterocycles. The van der Waals surface area contributed by atoms with Gasteiger partial charge in [-0.25, -0.2) is 0 Å². The lowest BCUT2D eigenvalue weighted by molar-refractivity contribution is 0.175. The normalized spacial score (nSPS) is 25.6. The van der Waals surface area contributed by atoms with Crippen molar-refractivity contribution in [2.45, 2.75) is 101 Å². The van der Waals surface area contributed by atoms with Crippen LogP contribution in [0, 0.1) is 0 Å². The van der Waals surface area contributed by atoms with Crippen LogP contribution in [0.15, 0.2) is 0 Å². The Labute approximate surface area is 139 Å². The summed E-state index contributed by atoms with van der Waals surface area (Å²) in [6, 6.07) is 2.13. The zero-order valence-corrected chi connectivity index (χ0v) is 16.4. The zero-order valence-electron chi connectivity index (χ0n) is 14.4. The van der Waals surface area contributed by atoms with E-state index in [1.807, 2.05) is 0 Å². The Morgan fingerprint density at radius 3 is 1.50 bits per heavy atom. The van der Waals surface area contributed by atoms with Gasteiger partial charge in [0.1, 0.15) is 5.79 Å². The number of rotatable bonds is 8. The molecule has 0 spiro atoms. The molecule has 0 aromatic heterocycles. The predicted octanol–water partition coefficient (Wildman–Crippen LogP) is 1.11. The highest BCUT2D eigenvalue weighted by atomic mass is 28.2. The summed E-state index contributed by atoms with van der Waals surface area (Å²) < 4.78 is 0. The van der Waals surface area contributed by atoms with E-state index in [0.29, 0.717) is 12.1 Å². The van der Waals surface area contributed by atoms with Crippen LogP contribution in [-0.2, 0) is 0 Å². The molecule has 22 heavy (non-hydrogen) atoms. The van der Waals surface area contributed by atoms with Crippen LogP contribution in [0.3, 0.4) is 0 Å². The maximum atomic E-state index is 3.98. The zero-order chi connectivity index (χ0) is 15.3. The smallest absolute Gasteiger partial charge is 0.130 e. The highest BCUT2D eigenvalue weighted by Crippen LogP contribution is 2.23. The lowest BCUT2D eigenvalue weighted by atomic mass is 10.1. The molecule has 3 aliphatic rings. The molecule has 0 bridgehead atoms. The first-order valence-electron chi connectivity index (χ1n) is 9.77. The molecule has 0 radical (unpaired) electrons. The third kappa shape index (κ3) is 4.54. The van der Waals surface area contributed by atoms with Crippen molar-refractivity contribution >= 4 is 10.4 Å². The fraction of sp³-hybridized carbons (Fsp3) is 1.00. The highest BCUT2D eigenvalue weighted by Gasteiger charge is 2.35. The summed E-state index contributed by atoms with van der Waals surface area (Å²) in [5.74, 6) is -0.0706. The molecule has 0 amide bonds. The van der Waals surface area contributed by atoms with Crippen LogP contribution >= 0.6 is 0 Å². The second-order valence-corrected chi connectivity index (χ2v) is 8.27. The second-order valence-electron chi connectivity index (χ2n) is 7.77. The Kier molecular flexibility index (Phi) is 6.33. The summed E-state index contributed by atoms with van der Waals surface area (Å²) in [7, 11) is 1.02. The molecule has 4 nitrogen and oxygen atoms in total. The van der Waals surface area contributed by atoms with E-state index in [0.717, 1.165) is 23.0 Å². The topological polar surface area (TPSA) is 48.1 Å². The molecule has 0 aromatic rings. The maximum Gasteiger partial charge on any atom is 0.130 e. The van der Waals surface area contributed by atoms with Gasteiger partial charge in [0.15, 0.2) is 0 Å². The Morgan fingerprint density at radius 2 is 1.09 bits per heavy atom. The quantitative estimate of drug-likeness (QED) is 0.399. The molecule has 3 aliphatic carbocycles. The summed E-state index contributed by atoms with van der Waals surface area (Å²) >= 11 is 0. The van der Waals surface area contributed by atoms with Crippen LogP contribution in [0.4, 0.5) is 0 Å². The van der Waals surface area contributed by atoms with Gasteiger partial charge in [-0.1, -0.05) is 38.5 Å². The van der Waals surface area contributed by atoms with Gasteiger partial charge >= 0.3 is 0 Å². The van der Waals surface area contributed by atoms with Crippen molar-refractivity contribution in [2.75, 3.05) is 6.54 Å². The average Bonchev–Trinajstić information content (AvgIpc) is 3.28. The summed E-state index contributed by atoms with van der Waals surface area (Å²) in [6.45, 7) is 1.02. The van der Waals surface area contributed by atoms with E-state index in [9.17, 15) is 0 Å². The predicted molar refractivity (Wildman–Crippen MR) is 96.8 cm³/mol. The third-order valence-corrected chi connectivity index (χ3v) is 6.90. The molecular formula is C17H36N4Si. The molecule has 0 atom stereocenters. The minimum absolute atomic E-state index is 0.0706. The van der Waals surface area contributed by atoms with Gasteiger partial charge in [0.2, 0.25) is 0 Å².